The molecule has 1 aromatic carbocycles. The molecule has 9 heteroatoms. The molecule has 1 fully saturated rings. The summed E-state index contributed by atoms with van der Waals surface area (Å²) in [7, 11) is -3.75. The molecule has 1 aromatic rings. The second-order valence-electron chi connectivity index (χ2n) is 5.99. The zero-order valence-corrected chi connectivity index (χ0v) is 15.6. The van der Waals surface area contributed by atoms with Crippen LogP contribution in [-0.2, 0) is 19.9 Å². The van der Waals surface area contributed by atoms with E-state index in [2.05, 4.69) is 0 Å². The quantitative estimate of drug-likeness (QED) is 0.752. The van der Waals surface area contributed by atoms with E-state index in [1.807, 2.05) is 0 Å². The Morgan fingerprint density at radius 2 is 1.79 bits per heavy atom. The number of hydrogen-bond acceptors (Lipinski definition) is 5. The lowest BCUT2D eigenvalue weighted by Crippen LogP contribution is -2.40. The molecule has 1 heterocycles. The number of sulfonamides is 1. The van der Waals surface area contributed by atoms with Crippen LogP contribution in [0.5, 0.6) is 0 Å². The van der Waals surface area contributed by atoms with Gasteiger partial charge < -0.3 is 4.90 Å². The van der Waals surface area contributed by atoms with Gasteiger partial charge in [-0.1, -0.05) is 6.92 Å². The van der Waals surface area contributed by atoms with Gasteiger partial charge in [0, 0.05) is 32.2 Å². The van der Waals surface area contributed by atoms with Gasteiger partial charge in [0.2, 0.25) is 10.0 Å². The molecule has 0 aromatic heterocycles. The molecular weight excluding hydrogens is 352 g/mol. The molecular formula is C15H22N2O5S2. The Morgan fingerprint density at radius 1 is 1.21 bits per heavy atom. The predicted molar refractivity (Wildman–Crippen MR) is 91.1 cm³/mol. The summed E-state index contributed by atoms with van der Waals surface area (Å²) in [6.07, 6.45) is 0.312. The molecule has 0 saturated carbocycles. The first kappa shape index (κ1) is 18.9. The molecule has 1 unspecified atom stereocenters. The third-order valence-corrected chi connectivity index (χ3v) is 7.83. The van der Waals surface area contributed by atoms with Crippen LogP contribution in [-0.4, -0.2) is 70.1 Å². The van der Waals surface area contributed by atoms with E-state index < -0.39 is 25.9 Å². The van der Waals surface area contributed by atoms with Crippen LogP contribution in [0.2, 0.25) is 0 Å². The highest BCUT2D eigenvalue weighted by Crippen LogP contribution is 2.25. The van der Waals surface area contributed by atoms with Crippen molar-refractivity contribution in [1.82, 2.24) is 9.21 Å². The Kier molecular flexibility index (Phi) is 5.36. The van der Waals surface area contributed by atoms with Crippen LogP contribution in [0.25, 0.3) is 0 Å². The second kappa shape index (κ2) is 6.81. The van der Waals surface area contributed by atoms with E-state index in [0.29, 0.717) is 12.0 Å². The van der Waals surface area contributed by atoms with E-state index in [-0.39, 0.29) is 28.9 Å². The maximum atomic E-state index is 12.8. The first-order chi connectivity index (χ1) is 11.1. The van der Waals surface area contributed by atoms with Gasteiger partial charge >= 0.3 is 0 Å². The third-order valence-electron chi connectivity index (χ3n) is 4.04. The maximum absolute atomic E-state index is 12.8. The van der Waals surface area contributed by atoms with Gasteiger partial charge in [-0.3, -0.25) is 4.79 Å². The summed E-state index contributed by atoms with van der Waals surface area (Å²) in [5.74, 6) is -0.342. The molecule has 0 aliphatic carbocycles. The molecule has 2 rings (SSSR count). The molecule has 0 bridgehead atoms. The number of carbonyl (C=O) groups excluding carboxylic acids is 1. The van der Waals surface area contributed by atoms with E-state index in [9.17, 15) is 21.6 Å². The highest BCUT2D eigenvalue weighted by molar-refractivity contribution is 7.92. The summed E-state index contributed by atoms with van der Waals surface area (Å²) in [4.78, 5) is 13.3. The standard InChI is InChI=1S/C15H22N2O5S2/c1-4-17(13-9-10-23(19,20)11-13)24(21,22)14-7-5-12(6-8-14)15(18)16(2)3/h5-8,13H,4,9-11H2,1-3H3. The number of carbonyl (C=O) groups is 1. The molecule has 0 radical (unpaired) electrons. The van der Waals surface area contributed by atoms with Crippen LogP contribution >= 0.6 is 0 Å². The van der Waals surface area contributed by atoms with Gasteiger partial charge in [0.15, 0.2) is 9.84 Å². The Morgan fingerprint density at radius 3 is 2.21 bits per heavy atom. The number of hydrogen-bond donors (Lipinski definition) is 0. The maximum Gasteiger partial charge on any atom is 0.253 e. The molecule has 1 aliphatic heterocycles. The molecule has 24 heavy (non-hydrogen) atoms. The molecule has 1 amide bonds. The van der Waals surface area contributed by atoms with Crippen molar-refractivity contribution in [2.75, 3.05) is 32.1 Å². The van der Waals surface area contributed by atoms with Crippen molar-refractivity contribution >= 4 is 25.8 Å². The zero-order chi connectivity index (χ0) is 18.1. The first-order valence-corrected chi connectivity index (χ1v) is 10.9. The average Bonchev–Trinajstić information content (AvgIpc) is 2.86. The van der Waals surface area contributed by atoms with Gasteiger partial charge in [0.25, 0.3) is 5.91 Å². The van der Waals surface area contributed by atoms with Crippen LogP contribution < -0.4 is 0 Å². The molecule has 0 N–H and O–H groups in total. The van der Waals surface area contributed by atoms with Crippen LogP contribution in [0.3, 0.4) is 0 Å². The van der Waals surface area contributed by atoms with Crippen LogP contribution in [0.15, 0.2) is 29.2 Å². The molecule has 1 saturated heterocycles. The normalized spacial score (nSPS) is 20.2. The fraction of sp³-hybridized carbons (Fsp3) is 0.533. The summed E-state index contributed by atoms with van der Waals surface area (Å²) in [6.45, 7) is 1.88. The van der Waals surface area contributed by atoms with E-state index in [4.69, 9.17) is 0 Å². The lowest BCUT2D eigenvalue weighted by atomic mass is 10.2. The highest BCUT2D eigenvalue weighted by Gasteiger charge is 2.37. The first-order valence-electron chi connectivity index (χ1n) is 7.62. The van der Waals surface area contributed by atoms with Gasteiger partial charge in [-0.25, -0.2) is 16.8 Å². The molecule has 0 spiro atoms. The number of rotatable bonds is 5. The van der Waals surface area contributed by atoms with Crippen molar-refractivity contribution in [3.8, 4) is 0 Å². The summed E-state index contributed by atoms with van der Waals surface area (Å²) in [5, 5.41) is 0. The third kappa shape index (κ3) is 3.79. The van der Waals surface area contributed by atoms with E-state index in [0.717, 1.165) is 0 Å². The Balaban J connectivity index is 2.30. The Bertz CT molecular complexity index is 814. The van der Waals surface area contributed by atoms with Crippen molar-refractivity contribution in [2.24, 2.45) is 0 Å². The SMILES string of the molecule is CCN(C1CCS(=O)(=O)C1)S(=O)(=O)c1ccc(C(=O)N(C)C)cc1. The molecule has 1 aliphatic rings. The van der Waals surface area contributed by atoms with E-state index >= 15 is 0 Å². The summed E-state index contributed by atoms with van der Waals surface area (Å²) >= 11 is 0. The lowest BCUT2D eigenvalue weighted by Gasteiger charge is -2.26. The molecule has 134 valence electrons. The van der Waals surface area contributed by atoms with Gasteiger partial charge in [-0.15, -0.1) is 0 Å². The summed E-state index contributed by atoms with van der Waals surface area (Å²) in [6, 6.07) is 5.17. The predicted octanol–water partition coefficient (Wildman–Crippen LogP) is 0.586. The smallest absolute Gasteiger partial charge is 0.253 e. The lowest BCUT2D eigenvalue weighted by molar-refractivity contribution is 0.0827. The van der Waals surface area contributed by atoms with Crippen LogP contribution in [0, 0.1) is 0 Å². The van der Waals surface area contributed by atoms with Crippen LogP contribution in [0.1, 0.15) is 23.7 Å². The summed E-state index contributed by atoms with van der Waals surface area (Å²) in [5.41, 5.74) is 0.394. The number of amides is 1. The van der Waals surface area contributed by atoms with Crippen LogP contribution in [0.4, 0.5) is 0 Å². The van der Waals surface area contributed by atoms with E-state index in [1.54, 1.807) is 21.0 Å². The Hall–Kier alpha value is -1.45. The fourth-order valence-corrected chi connectivity index (χ4v) is 6.28. The number of nitrogens with zero attached hydrogens (tertiary/aromatic N) is 2. The van der Waals surface area contributed by atoms with Gasteiger partial charge in [0.1, 0.15) is 0 Å². The summed E-state index contributed by atoms with van der Waals surface area (Å²) < 4.78 is 50.2. The molecule has 1 atom stereocenters. The average molecular weight is 374 g/mol. The minimum atomic E-state index is -3.80. The highest BCUT2D eigenvalue weighted by atomic mass is 32.2. The number of sulfone groups is 1. The Labute approximate surface area is 143 Å². The second-order valence-corrected chi connectivity index (χ2v) is 10.1. The van der Waals surface area contributed by atoms with Crippen molar-refractivity contribution in [3.63, 3.8) is 0 Å². The largest absolute Gasteiger partial charge is 0.345 e. The monoisotopic (exact) mass is 374 g/mol. The fourth-order valence-electron chi connectivity index (χ4n) is 2.79. The van der Waals surface area contributed by atoms with E-state index in [1.165, 1.54) is 33.5 Å². The van der Waals surface area contributed by atoms with Crippen molar-refractivity contribution in [3.05, 3.63) is 29.8 Å². The zero-order valence-electron chi connectivity index (χ0n) is 14.0. The minimum Gasteiger partial charge on any atom is -0.345 e. The minimum absolute atomic E-state index is 0.0139. The number of benzene rings is 1. The van der Waals surface area contributed by atoms with Crippen molar-refractivity contribution in [2.45, 2.75) is 24.3 Å². The van der Waals surface area contributed by atoms with Crippen molar-refractivity contribution < 1.29 is 21.6 Å². The van der Waals surface area contributed by atoms with Gasteiger partial charge in [-0.05, 0) is 30.7 Å². The van der Waals surface area contributed by atoms with Crippen molar-refractivity contribution in [1.29, 1.82) is 0 Å². The van der Waals surface area contributed by atoms with Gasteiger partial charge in [0.05, 0.1) is 16.4 Å². The van der Waals surface area contributed by atoms with Gasteiger partial charge in [-0.2, -0.15) is 4.31 Å². The topological polar surface area (TPSA) is 91.8 Å². The molecule has 7 nitrogen and oxygen atoms in total.